The van der Waals surface area contributed by atoms with E-state index in [1.807, 2.05) is 42.9 Å². The number of pyridine rings is 1. The lowest BCUT2D eigenvalue weighted by atomic mass is 9.81. The minimum Gasteiger partial charge on any atom is -0.490 e. The van der Waals surface area contributed by atoms with Crippen LogP contribution in [0, 0.1) is 12.8 Å². The molecule has 1 atom stereocenters. The Morgan fingerprint density at radius 3 is 2.42 bits per heavy atom. The number of hydrogen-bond donors (Lipinski definition) is 2. The summed E-state index contributed by atoms with van der Waals surface area (Å²) in [5.74, 6) is -0.413. The predicted molar refractivity (Wildman–Crippen MR) is 201 cm³/mol. The molecule has 0 radical (unpaired) electrons. The summed E-state index contributed by atoms with van der Waals surface area (Å²) in [7, 11) is 1.95. The molecule has 2 aliphatic heterocycles. The van der Waals surface area contributed by atoms with E-state index in [-0.39, 0.29) is 29.2 Å². The number of imide groups is 1. The molecule has 4 aromatic rings. The minimum atomic E-state index is -1.04. The largest absolute Gasteiger partial charge is 0.490 e. The van der Waals surface area contributed by atoms with Gasteiger partial charge in [0, 0.05) is 62.3 Å². The van der Waals surface area contributed by atoms with Gasteiger partial charge in [0.05, 0.1) is 28.9 Å². The van der Waals surface area contributed by atoms with Crippen LogP contribution in [-0.4, -0.2) is 80.4 Å². The molecule has 274 valence electrons. The molecule has 0 unspecified atom stereocenters. The average molecular weight is 707 g/mol. The summed E-state index contributed by atoms with van der Waals surface area (Å²) in [6, 6.07) is 15.7. The highest BCUT2D eigenvalue weighted by atomic mass is 16.5. The predicted octanol–water partition coefficient (Wildman–Crippen LogP) is 6.48. The Balaban J connectivity index is 0.916. The van der Waals surface area contributed by atoms with Gasteiger partial charge in [0.2, 0.25) is 11.8 Å². The summed E-state index contributed by atoms with van der Waals surface area (Å²) in [6.45, 7) is 10.6. The highest BCUT2D eigenvalue weighted by molar-refractivity contribution is 6.03. The second-order valence-corrected chi connectivity index (χ2v) is 15.4. The van der Waals surface area contributed by atoms with Gasteiger partial charge in [-0.3, -0.25) is 24.5 Å². The molecule has 1 saturated carbocycles. The number of carboxylic acid groups (broad SMARTS) is 1. The fraction of sp³-hybridized carbons (Fsp3) is 0.488. The summed E-state index contributed by atoms with van der Waals surface area (Å²) in [4.78, 5) is 45.4. The molecular formula is C41H50N6O5. The molecule has 3 aliphatic rings. The lowest BCUT2D eigenvalue weighted by molar-refractivity contribution is -0.134. The number of piperazine rings is 1. The Bertz CT molecular complexity index is 1970. The normalized spacial score (nSPS) is 21.7. The van der Waals surface area contributed by atoms with Crippen molar-refractivity contribution in [2.45, 2.75) is 89.7 Å². The van der Waals surface area contributed by atoms with Crippen molar-refractivity contribution in [3.05, 3.63) is 71.7 Å². The smallest absolute Gasteiger partial charge is 0.355 e. The number of benzene rings is 2. The van der Waals surface area contributed by atoms with Crippen molar-refractivity contribution in [2.75, 3.05) is 31.1 Å². The van der Waals surface area contributed by atoms with Crippen LogP contribution in [0.25, 0.3) is 22.0 Å². The standard InChI is InChI=1S/C41H50N6O5/c1-26-29(30-10-7-21-42-37(30)40(50)51)8-6-12-34(26)52-28-15-13-27(14-16-28)19-20-41(2,3)47-24-22-46(23-25-47)33-11-5-9-31-36(44-45(4)38(31)33)32-17-18-35(48)43-39(32)49/h5-12,21,27-28,32H,13-20,22-25H2,1-4H3,(H,50,51)(H,43,48,49)/t27?,28?,32-/m0/s1. The van der Waals surface area contributed by atoms with Crippen molar-refractivity contribution in [1.82, 2.24) is 25.0 Å². The van der Waals surface area contributed by atoms with Gasteiger partial charge in [-0.2, -0.15) is 5.10 Å². The third-order valence-electron chi connectivity index (χ3n) is 11.8. The van der Waals surface area contributed by atoms with Crippen LogP contribution in [0.2, 0.25) is 0 Å². The first-order chi connectivity index (χ1) is 25.0. The molecule has 0 spiro atoms. The summed E-state index contributed by atoms with van der Waals surface area (Å²) in [5, 5.41) is 17.9. The number of ether oxygens (including phenoxy) is 1. The number of nitrogens with one attached hydrogen (secondary N) is 1. The number of piperidine rings is 1. The topological polar surface area (TPSA) is 130 Å². The van der Waals surface area contributed by atoms with E-state index < -0.39 is 11.9 Å². The molecule has 1 aliphatic carbocycles. The number of aromatic carboxylic acids is 1. The zero-order valence-electron chi connectivity index (χ0n) is 30.7. The average Bonchev–Trinajstić information content (AvgIpc) is 3.48. The Morgan fingerprint density at radius 1 is 0.962 bits per heavy atom. The molecule has 0 bridgehead atoms. The van der Waals surface area contributed by atoms with Crippen molar-refractivity contribution in [2.24, 2.45) is 13.0 Å². The summed E-state index contributed by atoms with van der Waals surface area (Å²) in [5.41, 5.74) is 5.48. The maximum atomic E-state index is 12.7. The van der Waals surface area contributed by atoms with E-state index in [1.54, 1.807) is 12.1 Å². The molecule has 52 heavy (non-hydrogen) atoms. The molecule has 2 aromatic carbocycles. The Hall–Kier alpha value is -4.77. The number of carbonyl (C=O) groups is 3. The monoisotopic (exact) mass is 706 g/mol. The van der Waals surface area contributed by atoms with Crippen LogP contribution >= 0.6 is 0 Å². The van der Waals surface area contributed by atoms with Crippen molar-refractivity contribution in [1.29, 1.82) is 0 Å². The Kier molecular flexibility index (Phi) is 10.1. The first-order valence-corrected chi connectivity index (χ1v) is 18.7. The number of amides is 2. The molecule has 4 heterocycles. The number of aryl methyl sites for hydroxylation is 1. The molecule has 11 heteroatoms. The number of carboxylic acids is 1. The quantitative estimate of drug-likeness (QED) is 0.178. The molecule has 11 nitrogen and oxygen atoms in total. The lowest BCUT2D eigenvalue weighted by Gasteiger charge is -2.45. The van der Waals surface area contributed by atoms with Gasteiger partial charge in [-0.1, -0.05) is 30.3 Å². The first-order valence-electron chi connectivity index (χ1n) is 18.7. The number of anilines is 1. The van der Waals surface area contributed by atoms with Gasteiger partial charge >= 0.3 is 5.97 Å². The molecule has 2 amide bonds. The number of hydrogen-bond acceptors (Lipinski definition) is 8. The molecule has 7 rings (SSSR count). The highest BCUT2D eigenvalue weighted by Gasteiger charge is 2.35. The number of nitrogens with zero attached hydrogens (tertiary/aromatic N) is 5. The van der Waals surface area contributed by atoms with Gasteiger partial charge in [0.25, 0.3) is 0 Å². The molecule has 2 aromatic heterocycles. The lowest BCUT2D eigenvalue weighted by Crippen LogP contribution is -2.54. The highest BCUT2D eigenvalue weighted by Crippen LogP contribution is 2.38. The van der Waals surface area contributed by atoms with Crippen LogP contribution in [0.15, 0.2) is 54.7 Å². The van der Waals surface area contributed by atoms with E-state index in [9.17, 15) is 19.5 Å². The number of carbonyl (C=O) groups excluding carboxylic acids is 2. The number of rotatable bonds is 10. The van der Waals surface area contributed by atoms with Crippen molar-refractivity contribution in [3.63, 3.8) is 0 Å². The van der Waals surface area contributed by atoms with Crippen LogP contribution in [0.4, 0.5) is 5.69 Å². The van der Waals surface area contributed by atoms with Crippen LogP contribution in [-0.2, 0) is 16.6 Å². The number of aromatic nitrogens is 3. The third kappa shape index (κ3) is 7.15. The second kappa shape index (κ2) is 14.7. The van der Waals surface area contributed by atoms with Crippen LogP contribution in [0.5, 0.6) is 5.75 Å². The first kappa shape index (κ1) is 35.6. The number of para-hydroxylation sites is 1. The van der Waals surface area contributed by atoms with Crippen molar-refractivity contribution >= 4 is 34.4 Å². The Morgan fingerprint density at radius 2 is 1.69 bits per heavy atom. The van der Waals surface area contributed by atoms with Crippen LogP contribution in [0.3, 0.4) is 0 Å². The van der Waals surface area contributed by atoms with Gasteiger partial charge in [-0.25, -0.2) is 9.78 Å². The summed E-state index contributed by atoms with van der Waals surface area (Å²) in [6.07, 6.45) is 9.17. The van der Waals surface area contributed by atoms with Crippen molar-refractivity contribution < 1.29 is 24.2 Å². The maximum Gasteiger partial charge on any atom is 0.355 e. The van der Waals surface area contributed by atoms with Crippen molar-refractivity contribution in [3.8, 4) is 16.9 Å². The fourth-order valence-electron chi connectivity index (χ4n) is 8.62. The zero-order chi connectivity index (χ0) is 36.6. The number of fused-ring (bicyclic) bond motifs is 1. The van der Waals surface area contributed by atoms with Crippen LogP contribution in [0.1, 0.15) is 92.9 Å². The van der Waals surface area contributed by atoms with Gasteiger partial charge in [-0.15, -0.1) is 0 Å². The van der Waals surface area contributed by atoms with E-state index >= 15 is 0 Å². The van der Waals surface area contributed by atoms with E-state index in [0.29, 0.717) is 24.3 Å². The van der Waals surface area contributed by atoms with Gasteiger partial charge in [-0.05, 0) is 101 Å². The van der Waals surface area contributed by atoms with Gasteiger partial charge in [0.15, 0.2) is 5.69 Å². The van der Waals surface area contributed by atoms with E-state index in [1.165, 1.54) is 12.6 Å². The van der Waals surface area contributed by atoms with E-state index in [0.717, 1.165) is 97.4 Å². The maximum absolute atomic E-state index is 12.7. The molecular weight excluding hydrogens is 656 g/mol. The van der Waals surface area contributed by atoms with Crippen LogP contribution < -0.4 is 15.0 Å². The third-order valence-corrected chi connectivity index (χ3v) is 11.8. The van der Waals surface area contributed by atoms with Gasteiger partial charge in [0.1, 0.15) is 5.75 Å². The molecule has 2 saturated heterocycles. The SMILES string of the molecule is Cc1c(OC2CCC(CCC(C)(C)N3CCN(c4cccc5c([C@@H]6CCC(=O)NC6=O)nn(C)c45)CC3)CC2)cccc1-c1cccnc1C(=O)O. The zero-order valence-corrected chi connectivity index (χ0v) is 30.7. The van der Waals surface area contributed by atoms with E-state index in [4.69, 9.17) is 9.84 Å². The van der Waals surface area contributed by atoms with E-state index in [2.05, 4.69) is 46.1 Å². The Labute approximate surface area is 305 Å². The minimum absolute atomic E-state index is 0.0532. The fourth-order valence-corrected chi connectivity index (χ4v) is 8.62. The molecule has 2 N–H and O–H groups in total. The van der Waals surface area contributed by atoms with Gasteiger partial charge < -0.3 is 14.7 Å². The molecule has 3 fully saturated rings. The summed E-state index contributed by atoms with van der Waals surface area (Å²) < 4.78 is 8.44. The summed E-state index contributed by atoms with van der Waals surface area (Å²) >= 11 is 0. The second-order valence-electron chi connectivity index (χ2n) is 15.4.